The Morgan fingerprint density at radius 3 is 3.05 bits per heavy atom. The predicted molar refractivity (Wildman–Crippen MR) is 75.5 cm³/mol. The molecule has 0 saturated heterocycles. The Hall–Kier alpha value is -1.59. The molecule has 0 amide bonds. The van der Waals surface area contributed by atoms with Crippen molar-refractivity contribution in [3.63, 3.8) is 0 Å². The van der Waals surface area contributed by atoms with Crippen molar-refractivity contribution in [2.45, 2.75) is 19.8 Å². The summed E-state index contributed by atoms with van der Waals surface area (Å²) < 4.78 is 5.46. The molecular weight excluding hydrogens is 242 g/mol. The van der Waals surface area contributed by atoms with Gasteiger partial charge in [0, 0.05) is 25.6 Å². The fourth-order valence-electron chi connectivity index (χ4n) is 1.95. The van der Waals surface area contributed by atoms with Gasteiger partial charge in [-0.1, -0.05) is 0 Å². The molecule has 0 aliphatic heterocycles. The zero-order valence-electron chi connectivity index (χ0n) is 11.3. The van der Waals surface area contributed by atoms with E-state index in [9.17, 15) is 0 Å². The molecule has 1 aromatic carbocycles. The van der Waals surface area contributed by atoms with Crippen LogP contribution < -0.4 is 10.1 Å². The molecule has 104 valence electrons. The minimum atomic E-state index is 0.234. The molecule has 1 heterocycles. The molecule has 0 saturated carbocycles. The van der Waals surface area contributed by atoms with Gasteiger partial charge in [0.05, 0.1) is 17.6 Å². The maximum atomic E-state index is 8.68. The van der Waals surface area contributed by atoms with Crippen LogP contribution >= 0.6 is 0 Å². The number of fused-ring (bicyclic) bond motifs is 1. The topological polar surface area (TPSA) is 70.2 Å². The Morgan fingerprint density at radius 1 is 1.37 bits per heavy atom. The number of aromatic nitrogens is 2. The summed E-state index contributed by atoms with van der Waals surface area (Å²) in [6, 6.07) is 5.89. The Kier molecular flexibility index (Phi) is 5.18. The molecule has 0 spiro atoms. The van der Waals surface area contributed by atoms with E-state index in [0.717, 1.165) is 48.5 Å². The Balaban J connectivity index is 1.93. The lowest BCUT2D eigenvalue weighted by atomic mass is 10.3. The molecule has 1 aromatic heterocycles. The van der Waals surface area contributed by atoms with Crippen molar-refractivity contribution in [1.29, 1.82) is 0 Å². The largest absolute Gasteiger partial charge is 0.494 e. The highest BCUT2D eigenvalue weighted by molar-refractivity contribution is 5.76. The summed E-state index contributed by atoms with van der Waals surface area (Å²) in [5, 5.41) is 11.9. The van der Waals surface area contributed by atoms with Crippen LogP contribution in [0.3, 0.4) is 0 Å². The number of ether oxygens (including phenoxy) is 1. The molecule has 0 unspecified atom stereocenters. The van der Waals surface area contributed by atoms with Gasteiger partial charge in [0.2, 0.25) is 0 Å². The minimum Gasteiger partial charge on any atom is -0.494 e. The van der Waals surface area contributed by atoms with E-state index >= 15 is 0 Å². The summed E-state index contributed by atoms with van der Waals surface area (Å²) in [6.07, 6.45) is 1.64. The van der Waals surface area contributed by atoms with Gasteiger partial charge in [-0.3, -0.25) is 0 Å². The highest BCUT2D eigenvalue weighted by Crippen LogP contribution is 2.19. The zero-order chi connectivity index (χ0) is 13.5. The van der Waals surface area contributed by atoms with Crippen LogP contribution in [0.4, 0.5) is 0 Å². The Labute approximate surface area is 113 Å². The molecule has 0 bridgehead atoms. The molecule has 0 radical (unpaired) electrons. The van der Waals surface area contributed by atoms with E-state index in [1.54, 1.807) is 0 Å². The van der Waals surface area contributed by atoms with Gasteiger partial charge in [-0.2, -0.15) is 0 Å². The Morgan fingerprint density at radius 2 is 2.26 bits per heavy atom. The van der Waals surface area contributed by atoms with Crippen molar-refractivity contribution in [3.8, 4) is 5.75 Å². The van der Waals surface area contributed by atoms with Crippen LogP contribution in [-0.2, 0) is 6.42 Å². The number of H-pyrrole nitrogens is 1. The van der Waals surface area contributed by atoms with Crippen molar-refractivity contribution in [1.82, 2.24) is 15.3 Å². The van der Waals surface area contributed by atoms with Gasteiger partial charge >= 0.3 is 0 Å². The average Bonchev–Trinajstić information content (AvgIpc) is 2.81. The molecule has 5 nitrogen and oxygen atoms in total. The van der Waals surface area contributed by atoms with Gasteiger partial charge in [0.25, 0.3) is 0 Å². The lowest BCUT2D eigenvalue weighted by molar-refractivity contribution is 0.286. The fraction of sp³-hybridized carbons (Fsp3) is 0.500. The van der Waals surface area contributed by atoms with E-state index < -0.39 is 0 Å². The normalized spacial score (nSPS) is 11.1. The summed E-state index contributed by atoms with van der Waals surface area (Å²) in [5.74, 6) is 1.84. The summed E-state index contributed by atoms with van der Waals surface area (Å²) in [7, 11) is 0. The summed E-state index contributed by atoms with van der Waals surface area (Å²) >= 11 is 0. The van der Waals surface area contributed by atoms with E-state index in [0.29, 0.717) is 6.61 Å². The summed E-state index contributed by atoms with van der Waals surface area (Å²) in [5.41, 5.74) is 1.98. The summed E-state index contributed by atoms with van der Waals surface area (Å²) in [4.78, 5) is 7.84. The number of benzene rings is 1. The van der Waals surface area contributed by atoms with Gasteiger partial charge < -0.3 is 20.1 Å². The van der Waals surface area contributed by atoms with Crippen molar-refractivity contribution in [3.05, 3.63) is 24.0 Å². The van der Waals surface area contributed by atoms with Gasteiger partial charge in [-0.05, 0) is 32.0 Å². The third-order valence-electron chi connectivity index (χ3n) is 2.86. The first-order valence-electron chi connectivity index (χ1n) is 6.76. The maximum absolute atomic E-state index is 8.68. The first-order chi connectivity index (χ1) is 9.33. The second-order valence-corrected chi connectivity index (χ2v) is 4.37. The SMILES string of the molecule is CCOc1ccc2nc(CCNCCCO)[nH]c2c1. The van der Waals surface area contributed by atoms with Crippen LogP contribution in [0.5, 0.6) is 5.75 Å². The van der Waals surface area contributed by atoms with Crippen LogP contribution in [0.1, 0.15) is 19.2 Å². The highest BCUT2D eigenvalue weighted by atomic mass is 16.5. The number of aromatic amines is 1. The predicted octanol–water partition coefficient (Wildman–Crippen LogP) is 1.48. The van der Waals surface area contributed by atoms with Crippen LogP contribution in [0.2, 0.25) is 0 Å². The fourth-order valence-corrected chi connectivity index (χ4v) is 1.95. The molecule has 0 fully saturated rings. The van der Waals surface area contributed by atoms with E-state index in [1.165, 1.54) is 0 Å². The maximum Gasteiger partial charge on any atom is 0.121 e. The molecule has 0 aliphatic rings. The van der Waals surface area contributed by atoms with E-state index in [1.807, 2.05) is 25.1 Å². The molecule has 0 atom stereocenters. The molecular formula is C14H21N3O2. The van der Waals surface area contributed by atoms with Gasteiger partial charge in [0.15, 0.2) is 0 Å². The van der Waals surface area contributed by atoms with E-state index in [-0.39, 0.29) is 6.61 Å². The second-order valence-electron chi connectivity index (χ2n) is 4.37. The molecule has 5 heteroatoms. The monoisotopic (exact) mass is 263 g/mol. The third kappa shape index (κ3) is 3.94. The molecule has 3 N–H and O–H groups in total. The number of nitrogens with one attached hydrogen (secondary N) is 2. The number of aliphatic hydroxyl groups is 1. The molecule has 0 aliphatic carbocycles. The zero-order valence-corrected chi connectivity index (χ0v) is 11.3. The van der Waals surface area contributed by atoms with Crippen molar-refractivity contribution < 1.29 is 9.84 Å². The second kappa shape index (κ2) is 7.11. The number of rotatable bonds is 8. The number of hydrogen-bond acceptors (Lipinski definition) is 4. The number of aliphatic hydroxyl groups excluding tert-OH is 1. The van der Waals surface area contributed by atoms with Gasteiger partial charge in [-0.25, -0.2) is 4.98 Å². The molecule has 2 aromatic rings. The third-order valence-corrected chi connectivity index (χ3v) is 2.86. The van der Waals surface area contributed by atoms with Crippen molar-refractivity contribution in [2.24, 2.45) is 0 Å². The summed E-state index contributed by atoms with van der Waals surface area (Å²) in [6.45, 7) is 4.57. The smallest absolute Gasteiger partial charge is 0.121 e. The Bertz CT molecular complexity index is 510. The van der Waals surface area contributed by atoms with E-state index in [2.05, 4.69) is 15.3 Å². The van der Waals surface area contributed by atoms with Crippen LogP contribution in [0.15, 0.2) is 18.2 Å². The standard InChI is InChI=1S/C14H21N3O2/c1-2-19-11-4-5-12-13(10-11)17-14(16-12)6-8-15-7-3-9-18/h4-5,10,15,18H,2-3,6-9H2,1H3,(H,16,17). The quantitative estimate of drug-likeness (QED) is 0.631. The molecule has 19 heavy (non-hydrogen) atoms. The van der Waals surface area contributed by atoms with Crippen LogP contribution in [0.25, 0.3) is 11.0 Å². The van der Waals surface area contributed by atoms with Crippen molar-refractivity contribution >= 4 is 11.0 Å². The highest BCUT2D eigenvalue weighted by Gasteiger charge is 2.04. The van der Waals surface area contributed by atoms with Gasteiger partial charge in [-0.15, -0.1) is 0 Å². The first-order valence-corrected chi connectivity index (χ1v) is 6.76. The lowest BCUT2D eigenvalue weighted by Crippen LogP contribution is -2.19. The molecule has 2 rings (SSSR count). The number of nitrogens with zero attached hydrogens (tertiary/aromatic N) is 1. The lowest BCUT2D eigenvalue weighted by Gasteiger charge is -2.01. The first kappa shape index (κ1) is 13.8. The van der Waals surface area contributed by atoms with Crippen molar-refractivity contribution in [2.75, 3.05) is 26.3 Å². The van der Waals surface area contributed by atoms with E-state index in [4.69, 9.17) is 9.84 Å². The van der Waals surface area contributed by atoms with Gasteiger partial charge in [0.1, 0.15) is 11.6 Å². The average molecular weight is 263 g/mol. The minimum absolute atomic E-state index is 0.234. The number of hydrogen-bond donors (Lipinski definition) is 3. The number of imidazole rings is 1. The van der Waals surface area contributed by atoms with Crippen LogP contribution in [-0.4, -0.2) is 41.4 Å². The van der Waals surface area contributed by atoms with Crippen LogP contribution in [0, 0.1) is 0 Å².